The van der Waals surface area contributed by atoms with Crippen LogP contribution in [0.1, 0.15) is 25.1 Å². The van der Waals surface area contributed by atoms with Crippen molar-refractivity contribution in [3.63, 3.8) is 0 Å². The average molecular weight is 572 g/mol. The number of anilines is 1. The Hall–Kier alpha value is -3.04. The Morgan fingerprint density at radius 2 is 1.90 bits per heavy atom. The number of aliphatic carboxylic acids is 1. The van der Waals surface area contributed by atoms with Crippen LogP contribution in [0.25, 0.3) is 0 Å². The summed E-state index contributed by atoms with van der Waals surface area (Å²) in [7, 11) is 1.57. The van der Waals surface area contributed by atoms with Gasteiger partial charge in [-0.1, -0.05) is 17.7 Å². The molecular formula is C25H34ClN3O10. The van der Waals surface area contributed by atoms with Crippen LogP contribution in [0.15, 0.2) is 36.5 Å². The van der Waals surface area contributed by atoms with Crippen LogP contribution in [-0.4, -0.2) is 105 Å². The summed E-state index contributed by atoms with van der Waals surface area (Å²) in [4.78, 5) is 28.5. The Morgan fingerprint density at radius 3 is 2.49 bits per heavy atom. The number of rotatable bonds is 12. The zero-order valence-electron chi connectivity index (χ0n) is 21.5. The van der Waals surface area contributed by atoms with Crippen LogP contribution in [0.2, 0.25) is 5.02 Å². The first-order valence-corrected chi connectivity index (χ1v) is 12.4. The van der Waals surface area contributed by atoms with Crippen molar-refractivity contribution < 1.29 is 49.7 Å². The standard InChI is InChI=1S/C18H17ClN2O5.C7H17NO5/c1-11(13-4-2-3-6-20-13)26-15-9-16-14(8-12(15)19)21(7-5-18(23)24)17(22)10-25-16;1-8-2-4(10)6(12)7(13)5(11)3-9/h2-4,6,8-9,11H,5,7,10H2,1H3,(H,23,24);4-13H,2-3H2,1H3/t11-;4-,5+,6+,7+/m10/s1. The molecule has 5 atom stereocenters. The fourth-order valence-electron chi connectivity index (χ4n) is 3.51. The number of aliphatic hydroxyl groups is 5. The second-order valence-corrected chi connectivity index (χ2v) is 9.01. The lowest BCUT2D eigenvalue weighted by molar-refractivity contribution is -0.136. The van der Waals surface area contributed by atoms with E-state index in [9.17, 15) is 14.7 Å². The minimum atomic E-state index is -1.55. The molecule has 0 fully saturated rings. The first-order chi connectivity index (χ1) is 18.5. The molecule has 39 heavy (non-hydrogen) atoms. The Bertz CT molecular complexity index is 1080. The molecule has 216 valence electrons. The van der Waals surface area contributed by atoms with Gasteiger partial charge in [0.05, 0.1) is 35.5 Å². The lowest BCUT2D eigenvalue weighted by atomic mass is 10.0. The highest BCUT2D eigenvalue weighted by Crippen LogP contribution is 2.41. The molecule has 0 unspecified atom stereocenters. The maximum atomic E-state index is 12.1. The number of carbonyl (C=O) groups excluding carboxylic acids is 1. The van der Waals surface area contributed by atoms with Crippen molar-refractivity contribution in [2.24, 2.45) is 0 Å². The molecule has 1 aliphatic rings. The van der Waals surface area contributed by atoms with Gasteiger partial charge in [-0.25, -0.2) is 0 Å². The monoisotopic (exact) mass is 571 g/mol. The third kappa shape index (κ3) is 9.28. The molecule has 1 aromatic carbocycles. The predicted octanol–water partition coefficient (Wildman–Crippen LogP) is -0.283. The molecule has 3 rings (SSSR count). The zero-order chi connectivity index (χ0) is 29.1. The molecule has 2 heterocycles. The molecule has 1 aliphatic heterocycles. The van der Waals surface area contributed by atoms with E-state index in [-0.39, 0.29) is 38.1 Å². The van der Waals surface area contributed by atoms with Gasteiger partial charge < -0.3 is 50.3 Å². The molecule has 13 nitrogen and oxygen atoms in total. The number of amides is 1. The van der Waals surface area contributed by atoms with Crippen LogP contribution in [0.5, 0.6) is 11.5 Å². The number of hydrogen-bond donors (Lipinski definition) is 7. The van der Waals surface area contributed by atoms with Gasteiger partial charge in [-0.05, 0) is 32.2 Å². The van der Waals surface area contributed by atoms with Gasteiger partial charge in [0.15, 0.2) is 6.61 Å². The molecule has 0 spiro atoms. The van der Waals surface area contributed by atoms with Crippen LogP contribution in [-0.2, 0) is 9.59 Å². The normalized spacial score (nSPS) is 16.5. The van der Waals surface area contributed by atoms with E-state index in [4.69, 9.17) is 46.6 Å². The largest absolute Gasteiger partial charge is 0.483 e. The maximum absolute atomic E-state index is 12.1. The van der Waals surface area contributed by atoms with Crippen LogP contribution in [0.3, 0.4) is 0 Å². The van der Waals surface area contributed by atoms with Crippen LogP contribution < -0.4 is 19.7 Å². The highest BCUT2D eigenvalue weighted by Gasteiger charge is 2.30. The number of aromatic nitrogens is 1. The second-order valence-electron chi connectivity index (χ2n) is 8.60. The zero-order valence-corrected chi connectivity index (χ0v) is 22.2. The molecule has 2 aromatic rings. The number of carboxylic acids is 1. The number of benzene rings is 1. The van der Waals surface area contributed by atoms with Gasteiger partial charge >= 0.3 is 5.97 Å². The topological polar surface area (TPSA) is 202 Å². The molecular weight excluding hydrogens is 538 g/mol. The first-order valence-electron chi connectivity index (χ1n) is 12.0. The van der Waals surface area contributed by atoms with Gasteiger partial charge in [0.25, 0.3) is 5.91 Å². The van der Waals surface area contributed by atoms with E-state index in [0.717, 1.165) is 5.69 Å². The number of ether oxygens (including phenoxy) is 2. The quantitative estimate of drug-likeness (QED) is 0.176. The van der Waals surface area contributed by atoms with Crippen molar-refractivity contribution in [1.82, 2.24) is 10.3 Å². The Morgan fingerprint density at radius 1 is 1.21 bits per heavy atom. The summed E-state index contributed by atoms with van der Waals surface area (Å²) in [6.07, 6.45) is -4.47. The van der Waals surface area contributed by atoms with Crippen molar-refractivity contribution in [3.05, 3.63) is 47.2 Å². The minimum absolute atomic E-state index is 0.0470. The Kier molecular flexibility index (Phi) is 12.8. The number of halogens is 1. The molecule has 7 N–H and O–H groups in total. The van der Waals surface area contributed by atoms with E-state index in [1.165, 1.54) is 4.90 Å². The number of hydrogen-bond acceptors (Lipinski definition) is 11. The number of likely N-dealkylation sites (N-methyl/N-ethyl adjacent to an activating group) is 1. The first kappa shape index (κ1) is 32.2. The fourth-order valence-corrected chi connectivity index (χ4v) is 3.71. The smallest absolute Gasteiger partial charge is 0.305 e. The van der Waals surface area contributed by atoms with Gasteiger partial charge in [-0.3, -0.25) is 14.6 Å². The van der Waals surface area contributed by atoms with Crippen LogP contribution >= 0.6 is 11.6 Å². The molecule has 1 amide bonds. The average Bonchev–Trinajstić information content (AvgIpc) is 2.92. The molecule has 14 heteroatoms. The van der Waals surface area contributed by atoms with Crippen LogP contribution in [0, 0.1) is 0 Å². The molecule has 1 aromatic heterocycles. The third-order valence-corrected chi connectivity index (χ3v) is 5.95. The molecule has 0 saturated carbocycles. The van der Waals surface area contributed by atoms with Gasteiger partial charge in [0.1, 0.15) is 35.9 Å². The van der Waals surface area contributed by atoms with E-state index in [0.29, 0.717) is 22.2 Å². The molecule has 0 saturated heterocycles. The van der Waals surface area contributed by atoms with Gasteiger partial charge in [0.2, 0.25) is 0 Å². The summed E-state index contributed by atoms with van der Waals surface area (Å²) >= 11 is 6.31. The fraction of sp³-hybridized carbons (Fsp3) is 0.480. The summed E-state index contributed by atoms with van der Waals surface area (Å²) < 4.78 is 11.3. The Balaban J connectivity index is 0.000000349. The predicted molar refractivity (Wildman–Crippen MR) is 140 cm³/mol. The number of nitrogens with zero attached hydrogens (tertiary/aromatic N) is 2. The van der Waals surface area contributed by atoms with E-state index < -0.39 is 37.0 Å². The number of carbonyl (C=O) groups is 2. The summed E-state index contributed by atoms with van der Waals surface area (Å²) in [6.45, 7) is 1.16. The van der Waals surface area contributed by atoms with E-state index in [1.807, 2.05) is 25.1 Å². The Labute approximate surface area is 230 Å². The van der Waals surface area contributed by atoms with Crippen molar-refractivity contribution >= 4 is 29.2 Å². The maximum Gasteiger partial charge on any atom is 0.305 e. The summed E-state index contributed by atoms with van der Waals surface area (Å²) in [5.41, 5.74) is 1.19. The summed E-state index contributed by atoms with van der Waals surface area (Å²) in [6, 6.07) is 8.69. The highest BCUT2D eigenvalue weighted by molar-refractivity contribution is 6.32. The van der Waals surface area contributed by atoms with Gasteiger partial charge in [0, 0.05) is 25.4 Å². The van der Waals surface area contributed by atoms with E-state index in [2.05, 4.69) is 10.3 Å². The minimum Gasteiger partial charge on any atom is -0.483 e. The van der Waals surface area contributed by atoms with E-state index >= 15 is 0 Å². The van der Waals surface area contributed by atoms with Gasteiger partial charge in [-0.15, -0.1) is 0 Å². The lowest BCUT2D eigenvalue weighted by Gasteiger charge is -2.30. The number of aliphatic hydroxyl groups excluding tert-OH is 5. The van der Waals surface area contributed by atoms with Crippen molar-refractivity contribution in [3.8, 4) is 11.5 Å². The van der Waals surface area contributed by atoms with Crippen LogP contribution in [0.4, 0.5) is 5.69 Å². The molecule has 0 aliphatic carbocycles. The number of carboxylic acid groups (broad SMARTS) is 1. The number of nitrogens with one attached hydrogen (secondary N) is 1. The number of pyridine rings is 1. The van der Waals surface area contributed by atoms with Crippen molar-refractivity contribution in [2.45, 2.75) is 43.9 Å². The molecule has 0 radical (unpaired) electrons. The van der Waals surface area contributed by atoms with E-state index in [1.54, 1.807) is 25.4 Å². The van der Waals surface area contributed by atoms with Crippen molar-refractivity contribution in [1.29, 1.82) is 0 Å². The summed E-state index contributed by atoms with van der Waals surface area (Å²) in [5.74, 6) is -0.481. The highest BCUT2D eigenvalue weighted by atomic mass is 35.5. The third-order valence-electron chi connectivity index (χ3n) is 5.65. The molecule has 0 bridgehead atoms. The lowest BCUT2D eigenvalue weighted by Crippen LogP contribution is -2.48. The van der Waals surface area contributed by atoms with Crippen molar-refractivity contribution in [2.75, 3.05) is 38.3 Å². The van der Waals surface area contributed by atoms with Gasteiger partial charge in [-0.2, -0.15) is 0 Å². The number of fused-ring (bicyclic) bond motifs is 1. The summed E-state index contributed by atoms with van der Waals surface area (Å²) in [5, 5.41) is 56.6. The SMILES string of the molecule is CNC[C@H](O)[C@@H](O)[C@H](O)[C@H](O)CO.C[C@@H](Oc1cc2c(cc1Cl)N(CCC(=O)O)C(=O)CO2)c1ccccn1. The second kappa shape index (κ2) is 15.5.